The molecule has 320 valence electrons. The average molecular weight is 878 g/mol. The minimum Gasteiger partial charge on any atom is -0.394 e. The average Bonchev–Trinajstić information content (AvgIpc) is 4.07. The third-order valence-electron chi connectivity index (χ3n) is 10.0. The fourth-order valence-corrected chi connectivity index (χ4v) is 9.25. The molecule has 28 nitrogen and oxygen atoms in total. The van der Waals surface area contributed by atoms with Crippen molar-refractivity contribution in [2.75, 3.05) is 37.0 Å². The summed E-state index contributed by atoms with van der Waals surface area (Å²) in [5.74, 6) is 0.292. The number of anilines is 3. The Hall–Kier alpha value is -4.93. The van der Waals surface area contributed by atoms with Crippen LogP contribution in [0, 0.1) is 0 Å². The van der Waals surface area contributed by atoms with Crippen LogP contribution in [0.15, 0.2) is 38.0 Å². The number of phosphoric acid groups is 2. The molecule has 3 saturated heterocycles. The summed E-state index contributed by atoms with van der Waals surface area (Å²) >= 11 is 0. The van der Waals surface area contributed by atoms with E-state index in [4.69, 9.17) is 49.5 Å². The van der Waals surface area contributed by atoms with Gasteiger partial charge < -0.3 is 51.4 Å². The van der Waals surface area contributed by atoms with E-state index >= 15 is 0 Å². The molecule has 3 fully saturated rings. The number of imidazole rings is 3. The summed E-state index contributed by atoms with van der Waals surface area (Å²) in [6.45, 7) is -1.46. The number of aliphatic hydroxyl groups excluding tert-OH is 2. The highest BCUT2D eigenvalue weighted by molar-refractivity contribution is 7.47. The van der Waals surface area contributed by atoms with Crippen molar-refractivity contribution in [2.24, 2.45) is 0 Å². The first-order valence-electron chi connectivity index (χ1n) is 18.1. The topological polar surface area (TPSA) is 389 Å². The molecule has 9 heterocycles. The summed E-state index contributed by atoms with van der Waals surface area (Å²) in [6.07, 6.45) is -1.89. The predicted molar refractivity (Wildman–Crippen MR) is 199 cm³/mol. The zero-order valence-corrected chi connectivity index (χ0v) is 32.6. The summed E-state index contributed by atoms with van der Waals surface area (Å²) in [6, 6.07) is 0. The van der Waals surface area contributed by atoms with Crippen molar-refractivity contribution in [3.05, 3.63) is 38.0 Å². The summed E-state index contributed by atoms with van der Waals surface area (Å²) in [4.78, 5) is 58.8. The maximum Gasteiger partial charge on any atom is 0.472 e. The van der Waals surface area contributed by atoms with Crippen LogP contribution in [0.25, 0.3) is 33.5 Å². The molecule has 60 heavy (non-hydrogen) atoms. The minimum atomic E-state index is -4.92. The Kier molecular flexibility index (Phi) is 10.7. The second-order valence-corrected chi connectivity index (χ2v) is 16.8. The minimum absolute atomic E-state index is 0.00621. The van der Waals surface area contributed by atoms with Gasteiger partial charge in [0.25, 0.3) is 0 Å². The van der Waals surface area contributed by atoms with Gasteiger partial charge in [0.1, 0.15) is 53.8 Å². The smallest absolute Gasteiger partial charge is 0.394 e. The molecule has 2 unspecified atom stereocenters. The Morgan fingerprint density at radius 1 is 0.600 bits per heavy atom. The molecule has 30 heteroatoms. The van der Waals surface area contributed by atoms with Gasteiger partial charge in [-0.3, -0.25) is 31.8 Å². The maximum absolute atomic E-state index is 13.5. The molecule has 0 radical (unpaired) electrons. The molecule has 0 bridgehead atoms. The van der Waals surface area contributed by atoms with Crippen LogP contribution >= 0.6 is 15.6 Å². The van der Waals surface area contributed by atoms with Crippen LogP contribution < -0.4 is 17.2 Å². The lowest BCUT2D eigenvalue weighted by Crippen LogP contribution is -2.23. The van der Waals surface area contributed by atoms with E-state index in [0.717, 1.165) is 0 Å². The molecule has 3 aliphatic heterocycles. The number of nitrogens with two attached hydrogens (primary N) is 3. The first-order chi connectivity index (χ1) is 28.8. The van der Waals surface area contributed by atoms with Crippen molar-refractivity contribution in [3.63, 3.8) is 0 Å². The fraction of sp³-hybridized carbons (Fsp3) is 0.500. The van der Waals surface area contributed by atoms with Crippen LogP contribution in [0.3, 0.4) is 0 Å². The Morgan fingerprint density at radius 2 is 0.983 bits per heavy atom. The van der Waals surface area contributed by atoms with Gasteiger partial charge in [-0.15, -0.1) is 0 Å². The predicted octanol–water partition coefficient (Wildman–Crippen LogP) is -0.527. The zero-order chi connectivity index (χ0) is 41.9. The lowest BCUT2D eigenvalue weighted by molar-refractivity contribution is -0.0625. The molecule has 0 spiro atoms. The Balaban J connectivity index is 0.878. The molecule has 0 saturated carbocycles. The molecule has 3 aliphatic rings. The molecule has 0 amide bonds. The van der Waals surface area contributed by atoms with Crippen LogP contribution in [-0.2, 0) is 41.4 Å². The number of ether oxygens (including phenoxy) is 3. The zero-order valence-electron chi connectivity index (χ0n) is 30.9. The van der Waals surface area contributed by atoms with Gasteiger partial charge in [0, 0.05) is 19.3 Å². The van der Waals surface area contributed by atoms with Gasteiger partial charge in [-0.2, -0.15) is 0 Å². The standard InChI is InChI=1S/C30H37N15O13P2/c31-22-19-25(37-7-34-22)43(10-40-19)28-16(47)1-14(55-28)5-52-59(48,49)58-18-3-15(56-30(18)45-12-42-21-24(33)36-9-39-27(21)45)6-53-60(50,51)57-17-2-13(4-46)54-29(17)44-11-41-20-23(32)35-8-38-26(20)44/h7-18,28-30,46-47H,1-6H2,(H,48,49)(H,50,51)(H2,31,34,37)(H2,32,35,38)(H2,33,36,39)/t13-,14-,15-,16+,17+,18+,28+,29+,30+/m0/s1. The molecule has 0 aromatic carbocycles. The van der Waals surface area contributed by atoms with Crippen LogP contribution in [0.5, 0.6) is 0 Å². The van der Waals surface area contributed by atoms with Crippen molar-refractivity contribution in [1.29, 1.82) is 0 Å². The maximum atomic E-state index is 13.5. The lowest BCUT2D eigenvalue weighted by Gasteiger charge is -2.23. The highest BCUT2D eigenvalue weighted by atomic mass is 31.2. The number of nitrogen functional groups attached to an aromatic ring is 3. The van der Waals surface area contributed by atoms with Gasteiger partial charge in [0.15, 0.2) is 53.1 Å². The van der Waals surface area contributed by atoms with E-state index < -0.39 is 90.8 Å². The first-order valence-corrected chi connectivity index (χ1v) is 21.1. The number of aliphatic hydroxyl groups is 2. The van der Waals surface area contributed by atoms with Crippen LogP contribution in [0.4, 0.5) is 17.5 Å². The van der Waals surface area contributed by atoms with E-state index in [9.17, 15) is 29.1 Å². The van der Waals surface area contributed by atoms with Crippen molar-refractivity contribution in [2.45, 2.75) is 74.6 Å². The summed E-state index contributed by atoms with van der Waals surface area (Å²) in [7, 11) is -9.83. The van der Waals surface area contributed by atoms with Crippen molar-refractivity contribution in [1.82, 2.24) is 58.6 Å². The number of hydrogen-bond acceptors (Lipinski definition) is 23. The molecular formula is C30H37N15O13P2. The van der Waals surface area contributed by atoms with Gasteiger partial charge in [-0.05, 0) is 0 Å². The van der Waals surface area contributed by atoms with Crippen LogP contribution in [0.2, 0.25) is 0 Å². The van der Waals surface area contributed by atoms with E-state index in [1.165, 1.54) is 51.7 Å². The number of fused-ring (bicyclic) bond motifs is 3. The first kappa shape index (κ1) is 40.5. The van der Waals surface area contributed by atoms with Crippen molar-refractivity contribution < 1.29 is 61.4 Å². The number of hydrogen-bond donors (Lipinski definition) is 7. The molecule has 6 aromatic rings. The van der Waals surface area contributed by atoms with Gasteiger partial charge in [-0.25, -0.2) is 54.0 Å². The van der Waals surface area contributed by atoms with Crippen LogP contribution in [0.1, 0.15) is 37.9 Å². The number of rotatable bonds is 14. The fourth-order valence-electron chi connectivity index (χ4n) is 7.35. The van der Waals surface area contributed by atoms with Gasteiger partial charge in [0.05, 0.1) is 57.1 Å². The third kappa shape index (κ3) is 7.77. The van der Waals surface area contributed by atoms with Gasteiger partial charge in [-0.1, -0.05) is 0 Å². The van der Waals surface area contributed by atoms with Crippen molar-refractivity contribution >= 4 is 66.6 Å². The number of aromatic nitrogens is 12. The number of nitrogens with zero attached hydrogens (tertiary/aromatic N) is 12. The van der Waals surface area contributed by atoms with E-state index in [1.807, 2.05) is 0 Å². The van der Waals surface area contributed by atoms with E-state index in [1.54, 1.807) is 0 Å². The molecule has 0 aliphatic carbocycles. The second-order valence-electron chi connectivity index (χ2n) is 14.0. The van der Waals surface area contributed by atoms with Crippen molar-refractivity contribution in [3.8, 4) is 0 Å². The third-order valence-corrected chi connectivity index (χ3v) is 12.1. The Labute approximate surface area is 335 Å². The lowest BCUT2D eigenvalue weighted by atomic mass is 10.2. The highest BCUT2D eigenvalue weighted by Gasteiger charge is 2.46. The Morgan fingerprint density at radius 3 is 1.43 bits per heavy atom. The van der Waals surface area contributed by atoms with Crippen LogP contribution in [-0.4, -0.2) is 135 Å². The van der Waals surface area contributed by atoms with Gasteiger partial charge >= 0.3 is 15.6 Å². The van der Waals surface area contributed by atoms with E-state index in [2.05, 4.69) is 44.9 Å². The molecule has 11 atom stereocenters. The summed E-state index contributed by atoms with van der Waals surface area (Å²) in [5.41, 5.74) is 19.3. The SMILES string of the molecule is Nc1ncnc2c1ncn2[C@@H]1O[C@H](COP(=O)(O)O[C@@H]2C[C@@H](COP(=O)(O)O[C@@H]3C[C@@H](CO)O[C@H]3n3cnc4c(N)ncnc43)O[C@H]2n2cnc3c(N)ncnc32)C[C@H]1O. The normalized spacial score (nSPS) is 29.2. The molecule has 10 N–H and O–H groups in total. The highest BCUT2D eigenvalue weighted by Crippen LogP contribution is 2.52. The Bertz CT molecular complexity index is 2630. The largest absolute Gasteiger partial charge is 0.472 e. The van der Waals surface area contributed by atoms with Gasteiger partial charge in [0.2, 0.25) is 0 Å². The molecule has 9 rings (SSSR count). The van der Waals surface area contributed by atoms with E-state index in [-0.39, 0.29) is 59.0 Å². The molecular weight excluding hydrogens is 840 g/mol. The monoisotopic (exact) mass is 877 g/mol. The second kappa shape index (κ2) is 15.8. The number of phosphoric ester groups is 2. The summed E-state index contributed by atoms with van der Waals surface area (Å²) in [5, 5.41) is 20.6. The quantitative estimate of drug-likeness (QED) is 0.0676. The van der Waals surface area contributed by atoms with E-state index in [0.29, 0.717) is 11.2 Å². The summed E-state index contributed by atoms with van der Waals surface area (Å²) < 4.78 is 71.2. The molecule has 6 aromatic heterocycles.